The fraction of sp³-hybridized carbons (Fsp3) is 0.111. The lowest BCUT2D eigenvalue weighted by atomic mass is 10.1. The smallest absolute Gasteiger partial charge is 0.290 e. The average Bonchev–Trinajstić information content (AvgIpc) is 2.89. The number of hydrogen-bond donors (Lipinski definition) is 1. The Kier molecular flexibility index (Phi) is 4.48. The Hall–Kier alpha value is -2.53. The van der Waals surface area contributed by atoms with Gasteiger partial charge in [0.1, 0.15) is 17.2 Å². The quantitative estimate of drug-likeness (QED) is 0.565. The van der Waals surface area contributed by atoms with Gasteiger partial charge in [0.05, 0.1) is 0 Å². The number of thiazole rings is 1. The first-order valence-electron chi connectivity index (χ1n) is 7.22. The highest BCUT2D eigenvalue weighted by molar-refractivity contribution is 7.13. The predicted molar refractivity (Wildman–Crippen MR) is 89.7 cm³/mol. The number of nitrogens with one attached hydrogen (secondary N) is 1. The Morgan fingerprint density at radius 1 is 1.13 bits per heavy atom. The number of anilines is 2. The highest BCUT2D eigenvalue weighted by atomic mass is 32.1. The second-order valence-electron chi connectivity index (χ2n) is 5.19. The molecule has 3 nitrogen and oxygen atoms in total. The van der Waals surface area contributed by atoms with Crippen molar-refractivity contribution in [2.24, 2.45) is 0 Å². The molecule has 0 fully saturated rings. The largest absolute Gasteiger partial charge is 0.339 e. The van der Waals surface area contributed by atoms with Crippen molar-refractivity contribution in [1.82, 2.24) is 0 Å². The van der Waals surface area contributed by atoms with Crippen LogP contribution in [0.15, 0.2) is 60.0 Å². The number of aromatic nitrogens is 1. The third-order valence-corrected chi connectivity index (χ3v) is 4.51. The number of aryl methyl sites for hydroxylation is 1. The van der Waals surface area contributed by atoms with Gasteiger partial charge in [-0.1, -0.05) is 29.5 Å². The van der Waals surface area contributed by atoms with Gasteiger partial charge in [-0.15, -0.1) is 0 Å². The lowest BCUT2D eigenvalue weighted by molar-refractivity contribution is -0.670. The van der Waals surface area contributed by atoms with E-state index in [4.69, 9.17) is 0 Å². The minimum Gasteiger partial charge on any atom is -0.290 e. The van der Waals surface area contributed by atoms with Crippen molar-refractivity contribution in [2.45, 2.75) is 13.5 Å². The Balaban J connectivity index is 1.81. The van der Waals surface area contributed by atoms with Crippen LogP contribution < -0.4 is 9.88 Å². The number of hydrogen-bond acceptors (Lipinski definition) is 3. The van der Waals surface area contributed by atoms with Gasteiger partial charge in [0.15, 0.2) is 6.54 Å². The number of nitrogens with zero attached hydrogens (tertiary/aromatic N) is 1. The highest BCUT2D eigenvalue weighted by Gasteiger charge is 2.19. The summed E-state index contributed by atoms with van der Waals surface area (Å²) in [5.41, 5.74) is 2.48. The van der Waals surface area contributed by atoms with Crippen molar-refractivity contribution in [2.75, 3.05) is 5.32 Å². The number of para-hydroxylation sites is 1. The monoisotopic (exact) mass is 327 g/mol. The van der Waals surface area contributed by atoms with Crippen molar-refractivity contribution in [3.8, 4) is 0 Å². The SMILES string of the molecule is Cc1csc(Nc2ccccc2)[n+]1CC(=O)c1ccc(F)cc1. The van der Waals surface area contributed by atoms with Crippen molar-refractivity contribution in [1.29, 1.82) is 0 Å². The molecule has 3 rings (SSSR count). The topological polar surface area (TPSA) is 33.0 Å². The van der Waals surface area contributed by atoms with Gasteiger partial charge >= 0.3 is 5.13 Å². The van der Waals surface area contributed by atoms with Crippen LogP contribution in [0.4, 0.5) is 15.2 Å². The van der Waals surface area contributed by atoms with Gasteiger partial charge in [-0.3, -0.25) is 4.79 Å². The van der Waals surface area contributed by atoms with Crippen LogP contribution in [-0.2, 0) is 6.54 Å². The van der Waals surface area contributed by atoms with E-state index < -0.39 is 0 Å². The van der Waals surface area contributed by atoms with E-state index >= 15 is 0 Å². The Labute approximate surface area is 138 Å². The predicted octanol–water partition coefficient (Wildman–Crippen LogP) is 4.11. The maximum atomic E-state index is 13.0. The number of benzene rings is 2. The molecule has 0 unspecified atom stereocenters. The fourth-order valence-corrected chi connectivity index (χ4v) is 3.16. The molecular weight excluding hydrogens is 311 g/mol. The van der Waals surface area contributed by atoms with Crippen LogP contribution in [0.5, 0.6) is 0 Å². The van der Waals surface area contributed by atoms with E-state index in [0.717, 1.165) is 16.5 Å². The summed E-state index contributed by atoms with van der Waals surface area (Å²) < 4.78 is 14.9. The standard InChI is InChI=1S/C18H15FN2OS/c1-13-12-23-18(20-16-5-3-2-4-6-16)21(13)11-17(22)14-7-9-15(19)10-8-14/h2-10,12H,11H2,1H3/p+1. The summed E-state index contributed by atoms with van der Waals surface area (Å²) in [6.07, 6.45) is 0. The van der Waals surface area contributed by atoms with E-state index in [0.29, 0.717) is 5.56 Å². The van der Waals surface area contributed by atoms with E-state index in [2.05, 4.69) is 5.32 Å². The zero-order chi connectivity index (χ0) is 16.2. The summed E-state index contributed by atoms with van der Waals surface area (Å²) in [5.74, 6) is -0.389. The van der Waals surface area contributed by atoms with Crippen LogP contribution in [0.25, 0.3) is 0 Å². The normalized spacial score (nSPS) is 10.5. The minimum atomic E-state index is -0.340. The summed E-state index contributed by atoms with van der Waals surface area (Å²) in [6.45, 7) is 2.18. The molecule has 0 radical (unpaired) electrons. The zero-order valence-corrected chi connectivity index (χ0v) is 13.4. The van der Waals surface area contributed by atoms with Crippen molar-refractivity contribution >= 4 is 27.9 Å². The van der Waals surface area contributed by atoms with Gasteiger partial charge in [0.2, 0.25) is 5.78 Å². The lowest BCUT2D eigenvalue weighted by Crippen LogP contribution is -2.40. The van der Waals surface area contributed by atoms with E-state index in [1.165, 1.54) is 24.3 Å². The molecule has 0 saturated heterocycles. The Morgan fingerprint density at radius 2 is 1.83 bits per heavy atom. The van der Waals surface area contributed by atoms with Gasteiger partial charge < -0.3 is 0 Å². The number of carbonyl (C=O) groups excluding carboxylic acids is 1. The van der Waals surface area contributed by atoms with Gasteiger partial charge in [-0.2, -0.15) is 0 Å². The van der Waals surface area contributed by atoms with Crippen LogP contribution in [0, 0.1) is 12.7 Å². The van der Waals surface area contributed by atoms with Crippen LogP contribution in [0.2, 0.25) is 0 Å². The van der Waals surface area contributed by atoms with Crippen molar-refractivity contribution < 1.29 is 13.8 Å². The van der Waals surface area contributed by atoms with Crippen LogP contribution in [-0.4, -0.2) is 5.78 Å². The third-order valence-electron chi connectivity index (χ3n) is 3.50. The molecule has 0 spiro atoms. The first-order valence-corrected chi connectivity index (χ1v) is 8.10. The third kappa shape index (κ3) is 3.63. The minimum absolute atomic E-state index is 0.0485. The molecule has 0 bridgehead atoms. The molecule has 0 atom stereocenters. The number of ketones is 1. The van der Waals surface area contributed by atoms with Crippen molar-refractivity contribution in [3.63, 3.8) is 0 Å². The van der Waals surface area contributed by atoms with Gasteiger partial charge in [0, 0.05) is 10.9 Å². The van der Waals surface area contributed by atoms with Crippen LogP contribution >= 0.6 is 11.3 Å². The second-order valence-corrected chi connectivity index (χ2v) is 6.05. The molecule has 0 aliphatic heterocycles. The molecular formula is C18H16FN2OS+. The molecule has 116 valence electrons. The second kappa shape index (κ2) is 6.71. The number of rotatable bonds is 5. The first-order chi connectivity index (χ1) is 11.1. The van der Waals surface area contributed by atoms with E-state index in [1.54, 1.807) is 11.3 Å². The van der Waals surface area contributed by atoms with Gasteiger partial charge in [-0.25, -0.2) is 14.3 Å². The van der Waals surface area contributed by atoms with E-state index in [1.807, 2.05) is 47.2 Å². The number of halogens is 1. The number of carbonyl (C=O) groups is 1. The highest BCUT2D eigenvalue weighted by Crippen LogP contribution is 2.19. The average molecular weight is 327 g/mol. The molecule has 2 aromatic carbocycles. The summed E-state index contributed by atoms with van der Waals surface area (Å²) in [4.78, 5) is 12.4. The summed E-state index contributed by atoms with van der Waals surface area (Å²) in [7, 11) is 0. The van der Waals surface area contributed by atoms with Gasteiger partial charge in [-0.05, 0) is 43.3 Å². The Bertz CT molecular complexity index is 813. The molecule has 3 aromatic rings. The molecule has 0 saturated carbocycles. The zero-order valence-electron chi connectivity index (χ0n) is 12.6. The Morgan fingerprint density at radius 3 is 2.52 bits per heavy atom. The van der Waals surface area contributed by atoms with Crippen molar-refractivity contribution in [3.05, 3.63) is 77.1 Å². The molecule has 0 aliphatic rings. The van der Waals surface area contributed by atoms with Crippen LogP contribution in [0.3, 0.4) is 0 Å². The molecule has 1 N–H and O–H groups in total. The number of Topliss-reactive ketones (excluding diaryl/α,β-unsaturated/α-hetero) is 1. The summed E-state index contributed by atoms with van der Waals surface area (Å²) >= 11 is 1.55. The summed E-state index contributed by atoms with van der Waals surface area (Å²) in [6, 6.07) is 15.5. The first kappa shape index (κ1) is 15.4. The molecule has 0 aliphatic carbocycles. The summed E-state index contributed by atoms with van der Waals surface area (Å²) in [5, 5.41) is 6.22. The molecule has 0 amide bonds. The molecule has 23 heavy (non-hydrogen) atoms. The van der Waals surface area contributed by atoms with E-state index in [9.17, 15) is 9.18 Å². The molecule has 5 heteroatoms. The molecule has 1 heterocycles. The lowest BCUT2D eigenvalue weighted by Gasteiger charge is -2.04. The maximum absolute atomic E-state index is 13.0. The van der Waals surface area contributed by atoms with Crippen LogP contribution in [0.1, 0.15) is 16.1 Å². The van der Waals surface area contributed by atoms with Gasteiger partial charge in [0.25, 0.3) is 0 Å². The molecule has 1 aromatic heterocycles. The fourth-order valence-electron chi connectivity index (χ4n) is 2.24. The van der Waals surface area contributed by atoms with E-state index in [-0.39, 0.29) is 18.1 Å². The maximum Gasteiger partial charge on any atom is 0.339 e.